The van der Waals surface area contributed by atoms with Gasteiger partial charge in [-0.3, -0.25) is 9.59 Å². The maximum Gasteiger partial charge on any atom is 0.303 e. The van der Waals surface area contributed by atoms with Crippen molar-refractivity contribution in [3.8, 4) is 17.3 Å². The first-order chi connectivity index (χ1) is 11.4. The van der Waals surface area contributed by atoms with E-state index in [1.807, 2.05) is 6.07 Å². The smallest absolute Gasteiger partial charge is 0.303 e. The Morgan fingerprint density at radius 2 is 2.08 bits per heavy atom. The van der Waals surface area contributed by atoms with Crippen LogP contribution in [0.25, 0.3) is 11.3 Å². The van der Waals surface area contributed by atoms with Crippen molar-refractivity contribution in [3.63, 3.8) is 0 Å². The number of aliphatic carboxylic acids is 1. The van der Waals surface area contributed by atoms with Gasteiger partial charge in [0.2, 0.25) is 5.91 Å². The van der Waals surface area contributed by atoms with Crippen molar-refractivity contribution < 1.29 is 19.1 Å². The van der Waals surface area contributed by atoms with Gasteiger partial charge in [0.15, 0.2) is 5.13 Å². The van der Waals surface area contributed by atoms with Crippen LogP contribution < -0.4 is 5.32 Å². The highest BCUT2D eigenvalue weighted by atomic mass is 32.1. The maximum atomic E-state index is 13.0. The molecule has 24 heavy (non-hydrogen) atoms. The average molecular weight is 347 g/mol. The predicted octanol–water partition coefficient (Wildman–Crippen LogP) is 3.26. The highest BCUT2D eigenvalue weighted by molar-refractivity contribution is 7.16. The van der Waals surface area contributed by atoms with E-state index >= 15 is 0 Å². The lowest BCUT2D eigenvalue weighted by Gasteiger charge is -2.08. The number of thiazole rings is 1. The number of carbonyl (C=O) groups excluding carboxylic acids is 1. The van der Waals surface area contributed by atoms with Gasteiger partial charge in [0, 0.05) is 17.9 Å². The molecule has 1 aromatic heterocycles. The Bertz CT molecular complexity index is 796. The van der Waals surface area contributed by atoms with E-state index in [1.165, 1.54) is 24.3 Å². The quantitative estimate of drug-likeness (QED) is 0.835. The zero-order valence-corrected chi connectivity index (χ0v) is 13.6. The highest BCUT2D eigenvalue weighted by Gasteiger charge is 2.18. The van der Waals surface area contributed by atoms with Gasteiger partial charge < -0.3 is 10.4 Å². The second-order valence-electron chi connectivity index (χ2n) is 5.14. The molecule has 0 saturated carbocycles. The third kappa shape index (κ3) is 4.36. The van der Waals surface area contributed by atoms with Gasteiger partial charge in [-0.15, -0.1) is 0 Å². The monoisotopic (exact) mass is 347 g/mol. The Morgan fingerprint density at radius 1 is 1.42 bits per heavy atom. The van der Waals surface area contributed by atoms with Crippen LogP contribution in [0, 0.1) is 23.1 Å². The van der Waals surface area contributed by atoms with Gasteiger partial charge >= 0.3 is 5.97 Å². The molecule has 1 atom stereocenters. The van der Waals surface area contributed by atoms with Gasteiger partial charge in [-0.25, -0.2) is 9.37 Å². The van der Waals surface area contributed by atoms with Crippen molar-refractivity contribution in [1.82, 2.24) is 4.98 Å². The summed E-state index contributed by atoms with van der Waals surface area (Å²) in [6, 6.07) is 7.55. The first-order valence-electron chi connectivity index (χ1n) is 7.10. The maximum absolute atomic E-state index is 13.0. The molecule has 1 unspecified atom stereocenters. The molecule has 2 N–H and O–H groups in total. The summed E-state index contributed by atoms with van der Waals surface area (Å²) in [5.41, 5.74) is 0.944. The molecule has 2 rings (SSSR count). The Hall–Kier alpha value is -2.79. The second-order valence-corrected chi connectivity index (χ2v) is 6.14. The molecule has 1 heterocycles. The van der Waals surface area contributed by atoms with E-state index in [0.717, 1.165) is 11.3 Å². The molecule has 1 amide bonds. The number of nitrogens with one attached hydrogen (secondary N) is 1. The zero-order valence-electron chi connectivity index (χ0n) is 12.7. The topological polar surface area (TPSA) is 103 Å². The van der Waals surface area contributed by atoms with Crippen molar-refractivity contribution in [2.24, 2.45) is 5.92 Å². The number of halogens is 1. The first kappa shape index (κ1) is 17.6. The molecular weight excluding hydrogens is 333 g/mol. The summed E-state index contributed by atoms with van der Waals surface area (Å²) < 4.78 is 13.0. The fourth-order valence-electron chi connectivity index (χ4n) is 1.95. The molecule has 0 aliphatic heterocycles. The molecule has 0 radical (unpaired) electrons. The summed E-state index contributed by atoms with van der Waals surface area (Å²) in [4.78, 5) is 27.1. The van der Waals surface area contributed by atoms with Crippen LogP contribution in [-0.2, 0) is 9.59 Å². The van der Waals surface area contributed by atoms with Crippen molar-refractivity contribution >= 4 is 28.3 Å². The lowest BCUT2D eigenvalue weighted by molar-refractivity contribution is -0.137. The SMILES string of the molecule is CC(CCC(=O)O)C(=O)Nc1nc(-c2ccc(F)cc2)c(C#N)s1. The van der Waals surface area contributed by atoms with Gasteiger partial charge in [0.05, 0.1) is 0 Å². The molecule has 6 nitrogen and oxygen atoms in total. The summed E-state index contributed by atoms with van der Waals surface area (Å²) in [5.74, 6) is -2.22. The summed E-state index contributed by atoms with van der Waals surface area (Å²) in [6.07, 6.45) is 0.110. The number of amides is 1. The zero-order chi connectivity index (χ0) is 17.7. The predicted molar refractivity (Wildman–Crippen MR) is 86.9 cm³/mol. The Balaban J connectivity index is 2.15. The van der Waals surface area contributed by atoms with Gasteiger partial charge in [-0.05, 0) is 30.7 Å². The van der Waals surface area contributed by atoms with Crippen molar-refractivity contribution in [2.75, 3.05) is 5.32 Å². The van der Waals surface area contributed by atoms with Crippen molar-refractivity contribution in [2.45, 2.75) is 19.8 Å². The standard InChI is InChI=1S/C16H14FN3O3S/c1-9(2-7-13(21)22)15(23)20-16-19-14(12(8-18)24-16)10-3-5-11(17)6-4-10/h3-6,9H,2,7H2,1H3,(H,21,22)(H,19,20,23). The molecule has 2 aromatic rings. The van der Waals surface area contributed by atoms with Crippen LogP contribution in [0.15, 0.2) is 24.3 Å². The molecule has 124 valence electrons. The lowest BCUT2D eigenvalue weighted by Crippen LogP contribution is -2.21. The second kappa shape index (κ2) is 7.66. The molecule has 0 saturated heterocycles. The van der Waals surface area contributed by atoms with Gasteiger partial charge in [0.25, 0.3) is 0 Å². The number of rotatable bonds is 6. The van der Waals surface area contributed by atoms with E-state index in [1.54, 1.807) is 6.92 Å². The first-order valence-corrected chi connectivity index (χ1v) is 7.92. The fourth-order valence-corrected chi connectivity index (χ4v) is 2.74. The number of nitrogens with zero attached hydrogens (tertiary/aromatic N) is 2. The van der Waals surface area contributed by atoms with Gasteiger partial charge in [0.1, 0.15) is 22.5 Å². The van der Waals surface area contributed by atoms with Crippen LogP contribution in [-0.4, -0.2) is 22.0 Å². The van der Waals surface area contributed by atoms with E-state index < -0.39 is 17.7 Å². The van der Waals surface area contributed by atoms with Crippen LogP contribution in [0.4, 0.5) is 9.52 Å². The Labute approximate surface area is 141 Å². The van der Waals surface area contributed by atoms with E-state index in [9.17, 15) is 19.2 Å². The van der Waals surface area contributed by atoms with E-state index in [-0.39, 0.29) is 23.9 Å². The third-order valence-electron chi connectivity index (χ3n) is 3.32. The van der Waals surface area contributed by atoms with Crippen LogP contribution in [0.1, 0.15) is 24.6 Å². The minimum atomic E-state index is -0.964. The van der Waals surface area contributed by atoms with Crippen molar-refractivity contribution in [1.29, 1.82) is 5.26 Å². The molecule has 0 spiro atoms. The van der Waals surface area contributed by atoms with Gasteiger partial charge in [-0.1, -0.05) is 18.3 Å². The number of carboxylic acids is 1. The van der Waals surface area contributed by atoms with E-state index in [0.29, 0.717) is 16.1 Å². The number of anilines is 1. The fraction of sp³-hybridized carbons (Fsp3) is 0.250. The van der Waals surface area contributed by atoms with Crippen LogP contribution >= 0.6 is 11.3 Å². The molecule has 1 aromatic carbocycles. The third-order valence-corrected chi connectivity index (χ3v) is 4.19. The molecule has 0 aliphatic rings. The number of hydrogen-bond donors (Lipinski definition) is 2. The highest BCUT2D eigenvalue weighted by Crippen LogP contribution is 2.31. The summed E-state index contributed by atoms with van der Waals surface area (Å²) in [6.45, 7) is 1.62. The lowest BCUT2D eigenvalue weighted by atomic mass is 10.1. The van der Waals surface area contributed by atoms with Crippen LogP contribution in [0.3, 0.4) is 0 Å². The summed E-state index contributed by atoms with van der Waals surface area (Å²) in [7, 11) is 0. The Morgan fingerprint density at radius 3 is 2.67 bits per heavy atom. The van der Waals surface area contributed by atoms with Crippen LogP contribution in [0.2, 0.25) is 0 Å². The van der Waals surface area contributed by atoms with E-state index in [2.05, 4.69) is 10.3 Å². The normalized spacial score (nSPS) is 11.5. The van der Waals surface area contributed by atoms with Crippen LogP contribution in [0.5, 0.6) is 0 Å². The number of benzene rings is 1. The average Bonchev–Trinajstić information content (AvgIpc) is 2.96. The number of nitriles is 1. The molecule has 0 bridgehead atoms. The number of aromatic nitrogens is 1. The van der Waals surface area contributed by atoms with Gasteiger partial charge in [-0.2, -0.15) is 5.26 Å². The van der Waals surface area contributed by atoms with E-state index in [4.69, 9.17) is 5.11 Å². The summed E-state index contributed by atoms with van der Waals surface area (Å²) in [5, 5.41) is 20.7. The number of carboxylic acid groups (broad SMARTS) is 1. The largest absolute Gasteiger partial charge is 0.481 e. The molecular formula is C16H14FN3O3S. The summed E-state index contributed by atoms with van der Waals surface area (Å²) >= 11 is 1.01. The Kier molecular flexibility index (Phi) is 5.60. The minimum Gasteiger partial charge on any atom is -0.481 e. The molecule has 0 aliphatic carbocycles. The number of carbonyl (C=O) groups is 2. The minimum absolute atomic E-state index is 0.100. The molecule has 0 fully saturated rings. The number of hydrogen-bond acceptors (Lipinski definition) is 5. The van der Waals surface area contributed by atoms with Crippen molar-refractivity contribution in [3.05, 3.63) is 35.0 Å². The molecule has 8 heteroatoms.